The van der Waals surface area contributed by atoms with E-state index in [0.717, 1.165) is 34.5 Å². The molecule has 0 N–H and O–H groups in total. The monoisotopic (exact) mass is 367 g/mol. The van der Waals surface area contributed by atoms with Crippen molar-refractivity contribution in [1.29, 1.82) is 0 Å². The van der Waals surface area contributed by atoms with Gasteiger partial charge >= 0.3 is 0 Å². The fraction of sp³-hybridized carbons (Fsp3) is 0.400. The molecule has 0 saturated heterocycles. The Bertz CT molecular complexity index is 960. The second-order valence-corrected chi connectivity index (χ2v) is 13.8. The first kappa shape index (κ1) is 17.2. The summed E-state index contributed by atoms with van der Waals surface area (Å²) in [7, 11) is -1.07. The number of hydrogen-bond acceptors (Lipinski definition) is 4. The Kier molecular flexibility index (Phi) is 4.32. The van der Waals surface area contributed by atoms with E-state index in [4.69, 9.17) is 9.47 Å². The summed E-state index contributed by atoms with van der Waals surface area (Å²) in [5, 5.41) is 5.63. The SMILES string of the molecule is Cc1cc2c(cn1)-c1cc3cnn(COCC[Si](C)(C)C)c3cc1CO2. The van der Waals surface area contributed by atoms with Gasteiger partial charge in [0.25, 0.3) is 0 Å². The van der Waals surface area contributed by atoms with E-state index in [1.165, 1.54) is 17.2 Å². The molecule has 0 atom stereocenters. The second kappa shape index (κ2) is 6.52. The van der Waals surface area contributed by atoms with Gasteiger partial charge < -0.3 is 9.47 Å². The summed E-state index contributed by atoms with van der Waals surface area (Å²) < 4.78 is 13.7. The minimum atomic E-state index is -1.07. The van der Waals surface area contributed by atoms with Crippen molar-refractivity contribution in [3.05, 3.63) is 41.9 Å². The molecule has 1 aliphatic heterocycles. The van der Waals surface area contributed by atoms with Crippen LogP contribution in [0.1, 0.15) is 11.3 Å². The maximum absolute atomic E-state index is 5.94. The maximum Gasteiger partial charge on any atom is 0.139 e. The molecule has 2 aromatic heterocycles. The van der Waals surface area contributed by atoms with Gasteiger partial charge in [0, 0.05) is 43.6 Å². The van der Waals surface area contributed by atoms with Gasteiger partial charge in [-0.2, -0.15) is 5.10 Å². The van der Waals surface area contributed by atoms with Crippen molar-refractivity contribution in [3.63, 3.8) is 0 Å². The fourth-order valence-electron chi connectivity index (χ4n) is 3.18. The third-order valence-corrected chi connectivity index (χ3v) is 6.46. The number of nitrogens with zero attached hydrogens (tertiary/aromatic N) is 3. The molecule has 26 heavy (non-hydrogen) atoms. The zero-order valence-corrected chi connectivity index (χ0v) is 16.9. The van der Waals surface area contributed by atoms with E-state index in [1.807, 2.05) is 30.1 Å². The standard InChI is InChI=1S/C20H25N3O2Si/c1-14-7-20-18(11-21-14)17-8-15-10-22-23(13-24-5-6-26(2,3)4)19(15)9-16(17)12-25-20/h7-11H,5-6,12-13H2,1-4H3. The summed E-state index contributed by atoms with van der Waals surface area (Å²) in [5.74, 6) is 0.909. The van der Waals surface area contributed by atoms with Gasteiger partial charge in [-0.15, -0.1) is 0 Å². The van der Waals surface area contributed by atoms with Crippen LogP contribution < -0.4 is 4.74 Å². The van der Waals surface area contributed by atoms with Crippen molar-refractivity contribution in [2.24, 2.45) is 0 Å². The molecule has 0 aliphatic carbocycles. The van der Waals surface area contributed by atoms with Crippen molar-refractivity contribution >= 4 is 19.0 Å². The van der Waals surface area contributed by atoms with Crippen molar-refractivity contribution < 1.29 is 9.47 Å². The van der Waals surface area contributed by atoms with E-state index in [-0.39, 0.29) is 0 Å². The van der Waals surface area contributed by atoms with Gasteiger partial charge in [-0.05, 0) is 36.2 Å². The van der Waals surface area contributed by atoms with Crippen molar-refractivity contribution in [2.45, 2.75) is 45.9 Å². The molecule has 4 rings (SSSR count). The highest BCUT2D eigenvalue weighted by Gasteiger charge is 2.20. The first-order valence-electron chi connectivity index (χ1n) is 9.07. The molecule has 136 valence electrons. The zero-order chi connectivity index (χ0) is 18.3. The molecule has 0 unspecified atom stereocenters. The number of aromatic nitrogens is 3. The van der Waals surface area contributed by atoms with Gasteiger partial charge in [-0.3, -0.25) is 4.98 Å². The summed E-state index contributed by atoms with van der Waals surface area (Å²) in [6.45, 7) is 10.9. The summed E-state index contributed by atoms with van der Waals surface area (Å²) in [4.78, 5) is 4.43. The van der Waals surface area contributed by atoms with Gasteiger partial charge in [0.05, 0.1) is 11.7 Å². The van der Waals surface area contributed by atoms with Crippen LogP contribution in [0, 0.1) is 6.92 Å². The lowest BCUT2D eigenvalue weighted by Crippen LogP contribution is -2.22. The molecule has 3 aromatic rings. The van der Waals surface area contributed by atoms with E-state index in [0.29, 0.717) is 13.3 Å². The zero-order valence-electron chi connectivity index (χ0n) is 15.9. The van der Waals surface area contributed by atoms with Crippen LogP contribution in [0.3, 0.4) is 0 Å². The topological polar surface area (TPSA) is 49.2 Å². The number of aryl methyl sites for hydroxylation is 1. The number of ether oxygens (including phenoxy) is 2. The van der Waals surface area contributed by atoms with Crippen LogP contribution in [-0.4, -0.2) is 29.4 Å². The lowest BCUT2D eigenvalue weighted by molar-refractivity contribution is 0.0817. The highest BCUT2D eigenvalue weighted by atomic mass is 28.3. The summed E-state index contributed by atoms with van der Waals surface area (Å²) in [6.07, 6.45) is 3.81. The first-order valence-corrected chi connectivity index (χ1v) is 12.8. The molecule has 0 fully saturated rings. The highest BCUT2D eigenvalue weighted by Crippen LogP contribution is 2.39. The highest BCUT2D eigenvalue weighted by molar-refractivity contribution is 6.76. The molecular weight excluding hydrogens is 342 g/mol. The Morgan fingerprint density at radius 1 is 1.15 bits per heavy atom. The van der Waals surface area contributed by atoms with E-state index < -0.39 is 8.07 Å². The molecular formula is C20H25N3O2Si. The van der Waals surface area contributed by atoms with Crippen molar-refractivity contribution in [1.82, 2.24) is 14.8 Å². The summed E-state index contributed by atoms with van der Waals surface area (Å²) in [6, 6.07) is 7.52. The lowest BCUT2D eigenvalue weighted by Gasteiger charge is -2.21. The number of hydrogen-bond donors (Lipinski definition) is 0. The van der Waals surface area contributed by atoms with Crippen LogP contribution in [0.25, 0.3) is 22.0 Å². The van der Waals surface area contributed by atoms with Crippen LogP contribution in [0.2, 0.25) is 25.7 Å². The average Bonchev–Trinajstić information content (AvgIpc) is 2.98. The number of pyridine rings is 1. The van der Waals surface area contributed by atoms with Crippen molar-refractivity contribution in [3.8, 4) is 16.9 Å². The molecule has 0 bridgehead atoms. The fourth-order valence-corrected chi connectivity index (χ4v) is 3.94. The predicted octanol–water partition coefficient (Wildman–Crippen LogP) is 4.61. The minimum Gasteiger partial charge on any atom is -0.488 e. The Hall–Kier alpha value is -2.18. The Labute approximate surface area is 155 Å². The maximum atomic E-state index is 5.94. The number of benzene rings is 1. The summed E-state index contributed by atoms with van der Waals surface area (Å²) >= 11 is 0. The van der Waals surface area contributed by atoms with Crippen LogP contribution in [0.5, 0.6) is 5.75 Å². The van der Waals surface area contributed by atoms with Crippen LogP contribution >= 0.6 is 0 Å². The molecule has 3 heterocycles. The molecule has 0 amide bonds. The second-order valence-electron chi connectivity index (χ2n) is 8.17. The lowest BCUT2D eigenvalue weighted by atomic mass is 9.96. The van der Waals surface area contributed by atoms with E-state index in [1.54, 1.807) is 0 Å². The Morgan fingerprint density at radius 2 is 2.00 bits per heavy atom. The smallest absolute Gasteiger partial charge is 0.139 e. The normalized spacial score (nSPS) is 13.4. The number of rotatable bonds is 5. The molecule has 1 aromatic carbocycles. The Morgan fingerprint density at radius 3 is 2.81 bits per heavy atom. The average molecular weight is 368 g/mol. The van der Waals surface area contributed by atoms with Gasteiger partial charge in [-0.25, -0.2) is 4.68 Å². The van der Waals surface area contributed by atoms with Crippen LogP contribution in [-0.2, 0) is 18.1 Å². The van der Waals surface area contributed by atoms with E-state index in [2.05, 4.69) is 41.9 Å². The van der Waals surface area contributed by atoms with Gasteiger partial charge in [0.15, 0.2) is 0 Å². The third-order valence-electron chi connectivity index (χ3n) is 4.75. The molecule has 1 aliphatic rings. The third kappa shape index (κ3) is 3.39. The molecule has 6 heteroatoms. The number of fused-ring (bicyclic) bond motifs is 4. The van der Waals surface area contributed by atoms with Crippen LogP contribution in [0.4, 0.5) is 0 Å². The minimum absolute atomic E-state index is 0.491. The van der Waals surface area contributed by atoms with Gasteiger partial charge in [0.1, 0.15) is 19.1 Å². The molecule has 5 nitrogen and oxygen atoms in total. The van der Waals surface area contributed by atoms with E-state index in [9.17, 15) is 0 Å². The largest absolute Gasteiger partial charge is 0.488 e. The van der Waals surface area contributed by atoms with Gasteiger partial charge in [-0.1, -0.05) is 19.6 Å². The quantitative estimate of drug-likeness (QED) is 0.488. The first-order chi connectivity index (χ1) is 12.4. The van der Waals surface area contributed by atoms with Crippen LogP contribution in [0.15, 0.2) is 30.6 Å². The summed E-state index contributed by atoms with van der Waals surface area (Å²) in [5.41, 5.74) is 5.46. The van der Waals surface area contributed by atoms with Crippen molar-refractivity contribution in [2.75, 3.05) is 6.61 Å². The molecule has 0 spiro atoms. The molecule has 0 radical (unpaired) electrons. The predicted molar refractivity (Wildman–Crippen MR) is 106 cm³/mol. The Balaban J connectivity index is 1.60. The van der Waals surface area contributed by atoms with Gasteiger partial charge in [0.2, 0.25) is 0 Å². The molecule has 0 saturated carbocycles. The van der Waals surface area contributed by atoms with E-state index >= 15 is 0 Å².